The number of aryl methyl sites for hydroxylation is 3. The molecule has 2 aromatic rings. The Bertz CT molecular complexity index is 514. The summed E-state index contributed by atoms with van der Waals surface area (Å²) in [6, 6.07) is 6.03. The molecule has 3 nitrogen and oxygen atoms in total. The van der Waals surface area contributed by atoms with Gasteiger partial charge >= 0.3 is 0 Å². The molecule has 0 saturated heterocycles. The molecule has 2 heterocycles. The van der Waals surface area contributed by atoms with Gasteiger partial charge in [0.2, 0.25) is 0 Å². The van der Waals surface area contributed by atoms with E-state index in [0.717, 1.165) is 30.8 Å². The van der Waals surface area contributed by atoms with Crippen molar-refractivity contribution in [3.63, 3.8) is 0 Å². The van der Waals surface area contributed by atoms with Gasteiger partial charge in [-0.15, -0.1) is 11.3 Å². The summed E-state index contributed by atoms with van der Waals surface area (Å²) in [7, 11) is 0. The van der Waals surface area contributed by atoms with Gasteiger partial charge in [-0.3, -0.25) is 9.48 Å². The standard InChI is InChI=1S/C14H18N2OS/c1-3-11-10-13(16(4-2)15-11)14(17)8-7-12-6-5-9-18-12/h5-6,9-10H,3-4,7-8H2,1-2H3. The first kappa shape index (κ1) is 13.0. The molecule has 0 aliphatic rings. The van der Waals surface area contributed by atoms with Gasteiger partial charge in [0.25, 0.3) is 0 Å². The number of nitrogens with zero attached hydrogens (tertiary/aromatic N) is 2. The van der Waals surface area contributed by atoms with Gasteiger partial charge < -0.3 is 0 Å². The van der Waals surface area contributed by atoms with Crippen LogP contribution in [-0.2, 0) is 19.4 Å². The molecule has 0 N–H and O–H groups in total. The molecule has 0 amide bonds. The van der Waals surface area contributed by atoms with Crippen LogP contribution in [-0.4, -0.2) is 15.6 Å². The third kappa shape index (κ3) is 2.88. The van der Waals surface area contributed by atoms with Gasteiger partial charge in [0.15, 0.2) is 5.78 Å². The Morgan fingerprint density at radius 2 is 2.28 bits per heavy atom. The lowest BCUT2D eigenvalue weighted by molar-refractivity contribution is 0.0973. The fraction of sp³-hybridized carbons (Fsp3) is 0.429. The smallest absolute Gasteiger partial charge is 0.181 e. The molecule has 2 aromatic heterocycles. The van der Waals surface area contributed by atoms with E-state index in [1.807, 2.05) is 29.1 Å². The maximum Gasteiger partial charge on any atom is 0.181 e. The molecule has 0 saturated carbocycles. The topological polar surface area (TPSA) is 34.9 Å². The second-order valence-corrected chi connectivity index (χ2v) is 5.23. The van der Waals surface area contributed by atoms with Crippen molar-refractivity contribution in [2.75, 3.05) is 0 Å². The van der Waals surface area contributed by atoms with E-state index in [9.17, 15) is 4.79 Å². The van der Waals surface area contributed by atoms with E-state index in [-0.39, 0.29) is 5.78 Å². The van der Waals surface area contributed by atoms with Crippen LogP contribution in [0.3, 0.4) is 0 Å². The van der Waals surface area contributed by atoms with Crippen LogP contribution >= 0.6 is 11.3 Å². The first-order valence-electron chi connectivity index (χ1n) is 6.36. The summed E-state index contributed by atoms with van der Waals surface area (Å²) in [5.41, 5.74) is 1.75. The van der Waals surface area contributed by atoms with E-state index in [2.05, 4.69) is 18.1 Å². The summed E-state index contributed by atoms with van der Waals surface area (Å²) in [6.45, 7) is 4.82. The van der Waals surface area contributed by atoms with Gasteiger partial charge in [0.05, 0.1) is 5.69 Å². The highest BCUT2D eigenvalue weighted by atomic mass is 32.1. The monoisotopic (exact) mass is 262 g/mol. The lowest BCUT2D eigenvalue weighted by atomic mass is 10.1. The third-order valence-corrected chi connectivity index (χ3v) is 3.89. The first-order chi connectivity index (χ1) is 8.74. The van der Waals surface area contributed by atoms with Crippen molar-refractivity contribution < 1.29 is 4.79 Å². The van der Waals surface area contributed by atoms with E-state index in [1.165, 1.54) is 4.88 Å². The fourth-order valence-corrected chi connectivity index (χ4v) is 2.64. The molecule has 0 aromatic carbocycles. The number of Topliss-reactive ketones (excluding diaryl/α,β-unsaturated/α-hetero) is 1. The van der Waals surface area contributed by atoms with Gasteiger partial charge in [-0.05, 0) is 37.3 Å². The Kier molecular flexibility index (Phi) is 4.31. The molecule has 96 valence electrons. The van der Waals surface area contributed by atoms with Gasteiger partial charge in [0, 0.05) is 17.8 Å². The number of aromatic nitrogens is 2. The van der Waals surface area contributed by atoms with Gasteiger partial charge in [-0.2, -0.15) is 5.10 Å². The third-order valence-electron chi connectivity index (χ3n) is 2.96. The molecule has 18 heavy (non-hydrogen) atoms. The number of hydrogen-bond acceptors (Lipinski definition) is 3. The van der Waals surface area contributed by atoms with Gasteiger partial charge in [-0.1, -0.05) is 13.0 Å². The Morgan fingerprint density at radius 1 is 1.44 bits per heavy atom. The largest absolute Gasteiger partial charge is 0.292 e. The molecule has 0 aliphatic carbocycles. The van der Waals surface area contributed by atoms with E-state index < -0.39 is 0 Å². The van der Waals surface area contributed by atoms with E-state index in [1.54, 1.807) is 11.3 Å². The van der Waals surface area contributed by atoms with Crippen molar-refractivity contribution in [2.45, 2.75) is 39.7 Å². The zero-order valence-electron chi connectivity index (χ0n) is 10.8. The Morgan fingerprint density at radius 3 is 2.89 bits per heavy atom. The van der Waals surface area contributed by atoms with Crippen LogP contribution in [0, 0.1) is 0 Å². The van der Waals surface area contributed by atoms with Gasteiger partial charge in [-0.25, -0.2) is 0 Å². The summed E-state index contributed by atoms with van der Waals surface area (Å²) in [6.07, 6.45) is 2.26. The van der Waals surface area contributed by atoms with Crippen molar-refractivity contribution in [3.8, 4) is 0 Å². The maximum atomic E-state index is 12.2. The van der Waals surface area contributed by atoms with Crippen molar-refractivity contribution in [1.82, 2.24) is 9.78 Å². The molecule has 0 spiro atoms. The molecule has 0 radical (unpaired) electrons. The molecule has 2 rings (SSSR count). The van der Waals surface area contributed by atoms with Crippen LogP contribution in [0.2, 0.25) is 0 Å². The van der Waals surface area contributed by atoms with E-state index in [4.69, 9.17) is 0 Å². The quantitative estimate of drug-likeness (QED) is 0.748. The van der Waals surface area contributed by atoms with Crippen LogP contribution in [0.25, 0.3) is 0 Å². The Balaban J connectivity index is 2.06. The predicted molar refractivity (Wildman–Crippen MR) is 74.2 cm³/mol. The van der Waals surface area contributed by atoms with Crippen molar-refractivity contribution in [3.05, 3.63) is 39.8 Å². The van der Waals surface area contributed by atoms with E-state index in [0.29, 0.717) is 6.42 Å². The van der Waals surface area contributed by atoms with Crippen LogP contribution < -0.4 is 0 Å². The second-order valence-electron chi connectivity index (χ2n) is 4.19. The summed E-state index contributed by atoms with van der Waals surface area (Å²) in [5, 5.41) is 6.46. The highest BCUT2D eigenvalue weighted by Gasteiger charge is 2.13. The van der Waals surface area contributed by atoms with Crippen molar-refractivity contribution in [1.29, 1.82) is 0 Å². The minimum atomic E-state index is 0.192. The predicted octanol–water partition coefficient (Wildman–Crippen LogP) is 3.34. The summed E-state index contributed by atoms with van der Waals surface area (Å²) >= 11 is 1.71. The molecule has 0 aliphatic heterocycles. The number of carbonyl (C=O) groups is 1. The Hall–Kier alpha value is -1.42. The number of rotatable bonds is 6. The lowest BCUT2D eigenvalue weighted by Gasteiger charge is -2.02. The number of thiophene rings is 1. The average Bonchev–Trinajstić information content (AvgIpc) is 3.04. The molecular formula is C14H18N2OS. The van der Waals surface area contributed by atoms with Crippen molar-refractivity contribution in [2.24, 2.45) is 0 Å². The lowest BCUT2D eigenvalue weighted by Crippen LogP contribution is -2.10. The zero-order chi connectivity index (χ0) is 13.0. The summed E-state index contributed by atoms with van der Waals surface area (Å²) in [4.78, 5) is 13.5. The number of hydrogen-bond donors (Lipinski definition) is 0. The summed E-state index contributed by atoms with van der Waals surface area (Å²) < 4.78 is 1.82. The zero-order valence-corrected chi connectivity index (χ0v) is 11.7. The molecule has 0 bridgehead atoms. The highest BCUT2D eigenvalue weighted by Crippen LogP contribution is 2.14. The summed E-state index contributed by atoms with van der Waals surface area (Å²) in [5.74, 6) is 0.192. The highest BCUT2D eigenvalue weighted by molar-refractivity contribution is 7.09. The molecule has 0 fully saturated rings. The van der Waals surface area contributed by atoms with Gasteiger partial charge in [0.1, 0.15) is 5.69 Å². The maximum absolute atomic E-state index is 12.2. The normalized spacial score (nSPS) is 10.8. The van der Waals surface area contributed by atoms with Crippen LogP contribution in [0.4, 0.5) is 0 Å². The number of ketones is 1. The van der Waals surface area contributed by atoms with Crippen LogP contribution in [0.15, 0.2) is 23.6 Å². The van der Waals surface area contributed by atoms with Crippen molar-refractivity contribution >= 4 is 17.1 Å². The molecule has 0 unspecified atom stereocenters. The second kappa shape index (κ2) is 5.96. The van der Waals surface area contributed by atoms with Crippen LogP contribution in [0.5, 0.6) is 0 Å². The Labute approximate surface area is 111 Å². The SMILES string of the molecule is CCc1cc(C(=O)CCc2cccs2)n(CC)n1. The first-order valence-corrected chi connectivity index (χ1v) is 7.24. The fourth-order valence-electron chi connectivity index (χ4n) is 1.93. The molecule has 0 atom stereocenters. The molecule has 4 heteroatoms. The number of carbonyl (C=O) groups excluding carboxylic acids is 1. The average molecular weight is 262 g/mol. The van der Waals surface area contributed by atoms with Crippen LogP contribution in [0.1, 0.15) is 41.3 Å². The minimum Gasteiger partial charge on any atom is -0.292 e. The van der Waals surface area contributed by atoms with E-state index >= 15 is 0 Å². The molecular weight excluding hydrogens is 244 g/mol. The minimum absolute atomic E-state index is 0.192.